The summed E-state index contributed by atoms with van der Waals surface area (Å²) < 4.78 is 112. The van der Waals surface area contributed by atoms with E-state index in [-0.39, 0.29) is 223 Å². The van der Waals surface area contributed by atoms with Crippen molar-refractivity contribution in [2.45, 2.75) is 66.5 Å². The van der Waals surface area contributed by atoms with Crippen LogP contribution in [0.1, 0.15) is 75.1 Å². The third-order valence-electron chi connectivity index (χ3n) is 16.9. The Hall–Kier alpha value is -9.13. The zero-order chi connectivity index (χ0) is 98.9. The number of carbonyl (C=O) groups is 3. The van der Waals surface area contributed by atoms with Crippen molar-refractivity contribution >= 4 is 153 Å². The molecule has 0 radical (unpaired) electrons. The summed E-state index contributed by atoms with van der Waals surface area (Å²) in [7, 11) is 28.7. The summed E-state index contributed by atoms with van der Waals surface area (Å²) in [5, 5.41) is 19.2. The summed E-state index contributed by atoms with van der Waals surface area (Å²) in [6, 6.07) is 8.59. The van der Waals surface area contributed by atoms with Crippen LogP contribution in [0.3, 0.4) is 0 Å². The maximum Gasteiger partial charge on any atom is 1.00 e. The van der Waals surface area contributed by atoms with Crippen molar-refractivity contribution in [3.63, 3.8) is 0 Å². The average molecular weight is 2090 g/mol. The summed E-state index contributed by atoms with van der Waals surface area (Å²) >= 11 is 31.4. The van der Waals surface area contributed by atoms with Gasteiger partial charge in [-0.3, -0.25) is 33.9 Å². The quantitative estimate of drug-likeness (QED) is 0.00510. The number of nitriles is 1. The van der Waals surface area contributed by atoms with Crippen LogP contribution >= 0.6 is 73.7 Å². The summed E-state index contributed by atoms with van der Waals surface area (Å²) in [4.78, 5) is 110. The summed E-state index contributed by atoms with van der Waals surface area (Å²) in [6.45, 7) is 14.9. The number of anilines is 3. The number of benzene rings is 6. The molecule has 0 saturated heterocycles. The minimum atomic E-state index is -3.22. The smallest absolute Gasteiger partial charge is 0.870 e. The van der Waals surface area contributed by atoms with Gasteiger partial charge in [-0.25, -0.2) is 44.4 Å². The molecule has 2 amide bonds. The van der Waals surface area contributed by atoms with E-state index in [1.54, 1.807) is 12.1 Å². The number of methoxy groups -OCH3 is 20. The number of primary amides is 1. The molecule has 4 heterocycles. The van der Waals surface area contributed by atoms with Crippen LogP contribution in [0.15, 0.2) is 55.6 Å². The van der Waals surface area contributed by atoms with Crippen LogP contribution in [0.25, 0.3) is 43.6 Å². The third kappa shape index (κ3) is 36.6. The zero-order valence-electron chi connectivity index (χ0n) is 79.7. The summed E-state index contributed by atoms with van der Waals surface area (Å²) in [6.07, 6.45) is 3.00. The van der Waals surface area contributed by atoms with Gasteiger partial charge in [-0.15, -0.1) is 0 Å². The summed E-state index contributed by atoms with van der Waals surface area (Å²) in [5.41, 5.74) is 11.0. The Bertz CT molecular complexity index is 5830. The molecule has 6 aromatic carbocycles. The second-order valence-corrected chi connectivity index (χ2v) is 32.8. The number of hydrogen-bond acceptors (Lipinski definition) is 39. The molecule has 0 aliphatic rings. The number of ether oxygens (including phenoxy) is 20. The number of nitrogens with two attached hydrogens (primary N) is 2. The van der Waals surface area contributed by atoms with Crippen molar-refractivity contribution in [3.8, 4) is 110 Å². The fourth-order valence-electron chi connectivity index (χ4n) is 11.7. The van der Waals surface area contributed by atoms with Crippen molar-refractivity contribution in [2.24, 2.45) is 5.73 Å². The van der Waals surface area contributed by atoms with E-state index in [1.165, 1.54) is 192 Å². The molecular weight excluding hydrogens is 1980 g/mol. The number of nitrogen functional groups attached to an aromatic ring is 1. The molecule has 732 valence electrons. The molecule has 55 heteroatoms. The van der Waals surface area contributed by atoms with Crippen LogP contribution in [0.4, 0.5) is 22.1 Å². The Morgan fingerprint density at radius 2 is 0.770 bits per heavy atom. The minimum Gasteiger partial charge on any atom is -0.870 e. The number of carbonyl (C=O) groups excluding carboxylic acids is 3. The van der Waals surface area contributed by atoms with Crippen LogP contribution < -0.4 is 250 Å². The van der Waals surface area contributed by atoms with E-state index in [4.69, 9.17) is 142 Å². The Morgan fingerprint density at radius 3 is 1.13 bits per heavy atom. The molecule has 0 spiro atoms. The first kappa shape index (κ1) is 132. The number of rotatable bonds is 28. The van der Waals surface area contributed by atoms with Gasteiger partial charge in [0.05, 0.1) is 175 Å². The van der Waals surface area contributed by atoms with Crippen LogP contribution in [0.2, 0.25) is 15.7 Å². The molecule has 4 aromatic heterocycles. The second kappa shape index (κ2) is 66.4. The molecule has 0 saturated carbocycles. The number of aromatic nitrogens is 8. The fourth-order valence-corrected chi connectivity index (χ4v) is 12.3. The number of H-pyrrole nitrogens is 4. The van der Waals surface area contributed by atoms with E-state index in [2.05, 4.69) is 135 Å². The average Bonchev–Trinajstić information content (AvgIpc) is 0.775. The van der Waals surface area contributed by atoms with Gasteiger partial charge < -0.3 is 143 Å². The van der Waals surface area contributed by atoms with Crippen LogP contribution in [0.5, 0.6) is 103 Å². The maximum absolute atomic E-state index is 12.6. The Labute approximate surface area is 892 Å². The molecule has 10 rings (SSSR count). The first-order chi connectivity index (χ1) is 61.6. The van der Waals surface area contributed by atoms with Gasteiger partial charge in [-0.05, 0) is 135 Å². The molecule has 45 nitrogen and oxygen atoms in total. The molecule has 0 bridgehead atoms. The number of nitrogens with one attached hydrogen (secondary N) is 6. The Morgan fingerprint density at radius 1 is 0.459 bits per heavy atom. The largest absolute Gasteiger partial charge is 1.00 e. The Balaban J connectivity index is -0.000000736. The number of amides is 2. The van der Waals surface area contributed by atoms with E-state index in [0.29, 0.717) is 120 Å². The van der Waals surface area contributed by atoms with Crippen LogP contribution in [-0.4, -0.2) is 236 Å². The standard InChI is InChI=1S/C17H25N3O4.C12H16N2O6.C11H10Cl2N2O3.C11H11ClN2O4.C11H12N2O5.C11H15NO5.C6H15N.CHNO.Cl3OP.K.2Na.2H2O/c1-9(2)20(10(3)4)17-18-13-11(16(21)19-17)8-12(22-5)14(23-6)15(13)24-7;1-17-7-5-6(11(15)20-4)8(14-12(13)16)10(19-3)9(7)18-2;1-16-6-4-5-7(9(18-3)8(6)17-2)14-11(13)15-10(5)12;1-16-6-4-5-7(9(18-3)8(6)17-2)13-11(12)14-10(5)15;1-16-6-4-5-7(9(18-3)8(6)17-2)12-11(15)13-10(5)14;1-14-7-5-6(11(13)17-4)8(12)10(16-3)9(7)15-2;1-3-5-7-6-4-2;2-1-3;1-5(2,3)4;;;;;/h8-10H,1-7H3,(H,18,19,21);5H,1-4H3,(H3,13,14,16);4H,1-3H3;4H,1-3H3,(H,13,14,15);4H,1-3H3,(H2,12,13,14,15);5H,12H2,1-4H3;7H,3-6H2,1-2H3;3H;;;;;2*1H2/q;;;;;;;;;3*+1;;/p-3. The zero-order valence-corrected chi connectivity index (χ0v) is 92.3. The minimum absolute atomic E-state index is 0. The molecule has 135 heavy (non-hydrogen) atoms. The SMILES string of the molecule is CCCNCCC.COC(=O)c1cc(OC)c(OC)c(OC)c1N.COC(=O)c1cc(OC)c(OC)c(OC)c1NC(N)=O.COc1cc2c(=O)[nH]c(=O)[nH]c2c(OC)c1OC.COc1cc2c(=O)[nH]c(Cl)nc2c(OC)c1OC.COc1cc2c(=O)[nH]c(N(C(C)C)C(C)C)nc2c(OC)c1OC.COc1cc2c(Cl)nc(Cl)nc2c(OC)c1OC.N#C[O-].O=P(Cl)(Cl)Cl.[K+].[Na+].[Na+].[OH-].[OH-]. The number of aromatic amines is 4. The first-order valence-corrected chi connectivity index (χ1v) is 42.9. The molecule has 0 unspecified atom stereocenters. The Kier molecular flexibility index (Phi) is 65.0. The third-order valence-corrected chi connectivity index (χ3v) is 17.5. The molecular formula is C80H106Cl6KN14Na2O31P. The number of nitrogens with zero attached hydrogens (tertiary/aromatic N) is 6. The second-order valence-electron chi connectivity index (χ2n) is 25.1. The van der Waals surface area contributed by atoms with Crippen LogP contribution in [0, 0.1) is 11.5 Å². The topological polar surface area (TPSA) is 622 Å². The summed E-state index contributed by atoms with van der Waals surface area (Å²) in [5.74, 6) is 5.23. The van der Waals surface area contributed by atoms with Gasteiger partial charge in [-0.1, -0.05) is 25.4 Å². The molecule has 12 N–H and O–H groups in total. The molecule has 0 atom stereocenters. The van der Waals surface area contributed by atoms with E-state index in [0.717, 1.165) is 0 Å². The van der Waals surface area contributed by atoms with Gasteiger partial charge in [-0.2, -0.15) is 0 Å². The van der Waals surface area contributed by atoms with E-state index < -0.39 is 34.4 Å². The molecule has 0 aliphatic carbocycles. The number of hydrogen-bond donors (Lipinski definition) is 8. The monoisotopic (exact) mass is 2080 g/mol. The van der Waals surface area contributed by atoms with Gasteiger partial charge in [0.15, 0.2) is 69.0 Å². The van der Waals surface area contributed by atoms with E-state index in [1.807, 2.05) is 4.90 Å². The molecule has 0 fully saturated rings. The number of urea groups is 1. The maximum atomic E-state index is 12.6. The molecule has 10 aromatic rings. The normalized spacial score (nSPS) is 9.79. The van der Waals surface area contributed by atoms with Crippen LogP contribution in [-0.2, 0) is 14.0 Å². The fraction of sp³-hybridized carbons (Fsp3) is 0.400. The predicted octanol–water partition coefficient (Wildman–Crippen LogP) is 3.14. The van der Waals surface area contributed by atoms with Gasteiger partial charge in [0.25, 0.3) is 16.7 Å². The first-order valence-electron chi connectivity index (χ1n) is 37.4. The van der Waals surface area contributed by atoms with Crippen molar-refractivity contribution in [3.05, 3.63) is 105 Å². The van der Waals surface area contributed by atoms with Crippen molar-refractivity contribution < 1.29 is 240 Å². The molecule has 0 aliphatic heterocycles. The number of halogens is 6. The number of esters is 2. The van der Waals surface area contributed by atoms with Crippen molar-refractivity contribution in [1.29, 1.82) is 5.26 Å². The van der Waals surface area contributed by atoms with Gasteiger partial charge in [0, 0.05) is 35.9 Å². The van der Waals surface area contributed by atoms with E-state index >= 15 is 0 Å². The van der Waals surface area contributed by atoms with Crippen molar-refractivity contribution in [1.82, 2.24) is 45.2 Å². The van der Waals surface area contributed by atoms with Gasteiger partial charge in [0.2, 0.25) is 51.0 Å². The predicted molar refractivity (Wildman–Crippen MR) is 496 cm³/mol. The van der Waals surface area contributed by atoms with Gasteiger partial charge in [0.1, 0.15) is 32.9 Å². The van der Waals surface area contributed by atoms with Gasteiger partial charge >= 0.3 is 139 Å². The van der Waals surface area contributed by atoms with Crippen molar-refractivity contribution in [2.75, 3.05) is 171 Å². The van der Waals surface area contributed by atoms with E-state index in [9.17, 15) is 38.1 Å². The number of fused-ring (bicyclic) bond motifs is 4.